The molecule has 3 rings (SSSR count). The molecule has 1 fully saturated rings. The minimum Gasteiger partial charge on any atom is -0.353 e. The molecule has 2 N–H and O–H groups in total. The molecule has 23 heavy (non-hydrogen) atoms. The van der Waals surface area contributed by atoms with Crippen LogP contribution in [-0.4, -0.2) is 46.3 Å². The maximum atomic E-state index is 12.6. The highest BCUT2D eigenvalue weighted by atomic mass is 32.1. The van der Waals surface area contributed by atoms with E-state index in [1.807, 2.05) is 11.0 Å². The Labute approximate surface area is 134 Å². The number of piperazine rings is 1. The van der Waals surface area contributed by atoms with Gasteiger partial charge in [-0.3, -0.25) is 0 Å². The molecular weight excluding hydrogens is 331 g/mol. The fourth-order valence-corrected chi connectivity index (χ4v) is 3.02. The molecular formula is C12H14F3N7S. The van der Waals surface area contributed by atoms with Crippen molar-refractivity contribution in [2.45, 2.75) is 12.7 Å². The van der Waals surface area contributed by atoms with Gasteiger partial charge in [0.15, 0.2) is 0 Å². The topological polar surface area (TPSA) is 84.1 Å². The van der Waals surface area contributed by atoms with Gasteiger partial charge >= 0.3 is 6.18 Å². The van der Waals surface area contributed by atoms with Crippen molar-refractivity contribution < 1.29 is 13.2 Å². The van der Waals surface area contributed by atoms with E-state index in [9.17, 15) is 13.2 Å². The monoisotopic (exact) mass is 345 g/mol. The van der Waals surface area contributed by atoms with Crippen molar-refractivity contribution in [2.24, 2.45) is 5.73 Å². The average molecular weight is 345 g/mol. The summed E-state index contributed by atoms with van der Waals surface area (Å²) in [6.07, 6.45) is -2.98. The van der Waals surface area contributed by atoms with Crippen LogP contribution in [0, 0.1) is 0 Å². The minimum absolute atomic E-state index is 0.294. The van der Waals surface area contributed by atoms with E-state index in [1.165, 1.54) is 6.33 Å². The van der Waals surface area contributed by atoms with Crippen LogP contribution in [0.1, 0.15) is 10.7 Å². The van der Waals surface area contributed by atoms with Gasteiger partial charge in [-0.1, -0.05) is 11.3 Å². The highest BCUT2D eigenvalue weighted by molar-refractivity contribution is 7.15. The smallest absolute Gasteiger partial charge is 0.353 e. The number of rotatable bonds is 3. The molecule has 1 aliphatic heterocycles. The second-order valence-corrected chi connectivity index (χ2v) is 5.89. The van der Waals surface area contributed by atoms with Crippen LogP contribution in [0.25, 0.3) is 0 Å². The van der Waals surface area contributed by atoms with E-state index in [0.29, 0.717) is 49.2 Å². The molecule has 0 saturated carbocycles. The van der Waals surface area contributed by atoms with E-state index in [-0.39, 0.29) is 0 Å². The number of nitrogens with zero attached hydrogens (tertiary/aromatic N) is 6. The fraction of sp³-hybridized carbons (Fsp3) is 0.500. The first-order chi connectivity index (χ1) is 11.0. The third kappa shape index (κ3) is 3.50. The maximum Gasteiger partial charge on any atom is 0.445 e. The fourth-order valence-electron chi connectivity index (χ4n) is 2.25. The maximum absolute atomic E-state index is 12.6. The molecule has 7 nitrogen and oxygen atoms in total. The largest absolute Gasteiger partial charge is 0.445 e. The Morgan fingerprint density at radius 3 is 2.39 bits per heavy atom. The molecule has 0 bridgehead atoms. The molecule has 3 heterocycles. The van der Waals surface area contributed by atoms with Gasteiger partial charge in [0.25, 0.3) is 0 Å². The lowest BCUT2D eigenvalue weighted by molar-refractivity contribution is -0.138. The molecule has 0 amide bonds. The molecule has 0 aromatic carbocycles. The number of aromatic nitrogens is 4. The van der Waals surface area contributed by atoms with Crippen LogP contribution in [0.4, 0.5) is 24.1 Å². The SMILES string of the molecule is NCc1cc(N2CCN(c3nnc(C(F)(F)F)s3)CC2)ncn1. The van der Waals surface area contributed by atoms with Gasteiger partial charge in [0.2, 0.25) is 10.1 Å². The zero-order valence-electron chi connectivity index (χ0n) is 12.0. The van der Waals surface area contributed by atoms with Crippen molar-refractivity contribution in [2.75, 3.05) is 36.0 Å². The van der Waals surface area contributed by atoms with Crippen molar-refractivity contribution in [1.29, 1.82) is 0 Å². The van der Waals surface area contributed by atoms with Gasteiger partial charge in [-0.15, -0.1) is 10.2 Å². The molecule has 0 spiro atoms. The second kappa shape index (κ2) is 6.24. The third-order valence-electron chi connectivity index (χ3n) is 3.45. The van der Waals surface area contributed by atoms with Crippen LogP contribution >= 0.6 is 11.3 Å². The molecule has 0 aliphatic carbocycles. The first kappa shape index (κ1) is 15.9. The van der Waals surface area contributed by atoms with Gasteiger partial charge in [0.1, 0.15) is 12.1 Å². The summed E-state index contributed by atoms with van der Waals surface area (Å²) in [6.45, 7) is 2.69. The highest BCUT2D eigenvalue weighted by Gasteiger charge is 2.36. The summed E-state index contributed by atoms with van der Waals surface area (Å²) < 4.78 is 37.7. The molecule has 0 radical (unpaired) electrons. The summed E-state index contributed by atoms with van der Waals surface area (Å²) in [4.78, 5) is 12.1. The van der Waals surface area contributed by atoms with Gasteiger partial charge < -0.3 is 15.5 Å². The summed E-state index contributed by atoms with van der Waals surface area (Å²) in [5.74, 6) is 0.772. The van der Waals surface area contributed by atoms with Gasteiger partial charge in [-0.05, 0) is 0 Å². The molecule has 1 aliphatic rings. The standard InChI is InChI=1S/C12H14F3N7S/c13-12(14,15)10-19-20-11(23-10)22-3-1-21(2-4-22)9-5-8(6-16)17-7-18-9/h5,7H,1-4,6,16H2. The van der Waals surface area contributed by atoms with Crippen molar-refractivity contribution in [1.82, 2.24) is 20.2 Å². The van der Waals surface area contributed by atoms with E-state index in [2.05, 4.69) is 20.2 Å². The van der Waals surface area contributed by atoms with Crippen molar-refractivity contribution in [3.05, 3.63) is 23.1 Å². The highest BCUT2D eigenvalue weighted by Crippen LogP contribution is 2.34. The van der Waals surface area contributed by atoms with Gasteiger partial charge in [-0.2, -0.15) is 13.2 Å². The molecule has 2 aromatic rings. The number of alkyl halides is 3. The quantitative estimate of drug-likeness (QED) is 0.893. The molecule has 124 valence electrons. The number of nitrogens with two attached hydrogens (primary N) is 1. The summed E-state index contributed by atoms with van der Waals surface area (Å²) in [5.41, 5.74) is 6.31. The van der Waals surface area contributed by atoms with Crippen LogP contribution in [0.15, 0.2) is 12.4 Å². The summed E-state index contributed by atoms with van der Waals surface area (Å²) >= 11 is 0.567. The lowest BCUT2D eigenvalue weighted by atomic mass is 10.3. The first-order valence-corrected chi connectivity index (χ1v) is 7.70. The summed E-state index contributed by atoms with van der Waals surface area (Å²) in [5, 5.41) is 6.24. The Hall–Kier alpha value is -2.01. The third-order valence-corrected chi connectivity index (χ3v) is 4.48. The van der Waals surface area contributed by atoms with E-state index in [1.54, 1.807) is 4.90 Å². The molecule has 0 unspecified atom stereocenters. The Morgan fingerprint density at radius 2 is 1.78 bits per heavy atom. The Kier molecular flexibility index (Phi) is 4.31. The Balaban J connectivity index is 1.65. The Morgan fingerprint density at radius 1 is 1.09 bits per heavy atom. The second-order valence-electron chi connectivity index (χ2n) is 4.93. The predicted molar refractivity (Wildman–Crippen MR) is 79.3 cm³/mol. The lowest BCUT2D eigenvalue weighted by Gasteiger charge is -2.35. The predicted octanol–water partition coefficient (Wildman–Crippen LogP) is 1.13. The van der Waals surface area contributed by atoms with Crippen molar-refractivity contribution in [3.8, 4) is 0 Å². The van der Waals surface area contributed by atoms with Crippen molar-refractivity contribution in [3.63, 3.8) is 0 Å². The summed E-state index contributed by atoms with van der Waals surface area (Å²) in [7, 11) is 0. The van der Waals surface area contributed by atoms with Crippen LogP contribution in [0.5, 0.6) is 0 Å². The van der Waals surface area contributed by atoms with Gasteiger partial charge in [0.05, 0.1) is 5.69 Å². The van der Waals surface area contributed by atoms with Crippen LogP contribution in [0.2, 0.25) is 0 Å². The van der Waals surface area contributed by atoms with E-state index < -0.39 is 11.2 Å². The summed E-state index contributed by atoms with van der Waals surface area (Å²) in [6, 6.07) is 1.82. The van der Waals surface area contributed by atoms with Crippen molar-refractivity contribution >= 4 is 22.3 Å². The zero-order chi connectivity index (χ0) is 16.4. The number of hydrogen-bond acceptors (Lipinski definition) is 8. The lowest BCUT2D eigenvalue weighted by Crippen LogP contribution is -2.46. The molecule has 1 saturated heterocycles. The minimum atomic E-state index is -4.45. The molecule has 2 aromatic heterocycles. The zero-order valence-corrected chi connectivity index (χ0v) is 12.8. The number of anilines is 2. The normalized spacial score (nSPS) is 16.0. The number of hydrogen-bond donors (Lipinski definition) is 1. The van der Waals surface area contributed by atoms with E-state index in [0.717, 1.165) is 11.5 Å². The van der Waals surface area contributed by atoms with Gasteiger partial charge in [-0.25, -0.2) is 9.97 Å². The van der Waals surface area contributed by atoms with E-state index in [4.69, 9.17) is 5.73 Å². The first-order valence-electron chi connectivity index (χ1n) is 6.89. The van der Waals surface area contributed by atoms with Crippen LogP contribution in [-0.2, 0) is 12.7 Å². The Bertz CT molecular complexity index is 667. The molecule has 0 atom stereocenters. The van der Waals surface area contributed by atoms with E-state index >= 15 is 0 Å². The molecule has 11 heteroatoms. The average Bonchev–Trinajstić information content (AvgIpc) is 3.05. The van der Waals surface area contributed by atoms with Gasteiger partial charge in [0, 0.05) is 38.8 Å². The van der Waals surface area contributed by atoms with Crippen LogP contribution < -0.4 is 15.5 Å². The number of halogens is 3. The van der Waals surface area contributed by atoms with Crippen LogP contribution in [0.3, 0.4) is 0 Å².